The van der Waals surface area contributed by atoms with Crippen LogP contribution in [-0.4, -0.2) is 29.9 Å². The lowest BCUT2D eigenvalue weighted by molar-refractivity contribution is -0.115. The summed E-state index contributed by atoms with van der Waals surface area (Å²) < 4.78 is 12.4. The molecule has 1 aromatic heterocycles. The Morgan fingerprint density at radius 1 is 1.07 bits per heavy atom. The lowest BCUT2D eigenvalue weighted by Crippen LogP contribution is -2.16. The van der Waals surface area contributed by atoms with Gasteiger partial charge in [-0.2, -0.15) is 5.10 Å². The molecule has 2 aromatic carbocycles. The summed E-state index contributed by atoms with van der Waals surface area (Å²) in [5, 5.41) is 7.50. The second-order valence-corrected chi connectivity index (χ2v) is 6.19. The Labute approximate surface area is 158 Å². The van der Waals surface area contributed by atoms with Gasteiger partial charge in [0.05, 0.1) is 37.7 Å². The van der Waals surface area contributed by atoms with Gasteiger partial charge in [-0.3, -0.25) is 4.79 Å². The van der Waals surface area contributed by atoms with Gasteiger partial charge in [-0.25, -0.2) is 4.68 Å². The number of nitrogens with zero attached hydrogens (tertiary/aromatic N) is 2. The average Bonchev–Trinajstić information content (AvgIpc) is 2.96. The summed E-state index contributed by atoms with van der Waals surface area (Å²) in [5.74, 6) is 1.09. The number of benzene rings is 2. The number of carbonyl (C=O) groups excluding carboxylic acids is 1. The summed E-state index contributed by atoms with van der Waals surface area (Å²) in [7, 11) is 3.15. The van der Waals surface area contributed by atoms with Gasteiger partial charge in [0.25, 0.3) is 0 Å². The third kappa shape index (κ3) is 3.95. The van der Waals surface area contributed by atoms with Gasteiger partial charge in [-0.05, 0) is 38.1 Å². The van der Waals surface area contributed by atoms with Gasteiger partial charge in [-0.1, -0.05) is 18.2 Å². The lowest BCUT2D eigenvalue weighted by Gasteiger charge is -2.12. The van der Waals surface area contributed by atoms with Crippen molar-refractivity contribution in [1.29, 1.82) is 0 Å². The highest BCUT2D eigenvalue weighted by molar-refractivity contribution is 5.94. The first-order chi connectivity index (χ1) is 13.0. The Hall–Kier alpha value is -3.28. The normalized spacial score (nSPS) is 10.5. The topological polar surface area (TPSA) is 65.4 Å². The molecule has 3 aromatic rings. The summed E-state index contributed by atoms with van der Waals surface area (Å²) in [4.78, 5) is 12.7. The fourth-order valence-corrected chi connectivity index (χ4v) is 3.02. The van der Waals surface area contributed by atoms with Crippen LogP contribution in [0.1, 0.15) is 17.0 Å². The molecule has 140 valence electrons. The van der Waals surface area contributed by atoms with Crippen molar-refractivity contribution in [2.75, 3.05) is 19.5 Å². The SMILES string of the molecule is COc1ccc(OC)c(NC(=O)Cc2c(C)nn(-c3ccccc3)c2C)c1. The molecular weight excluding hydrogens is 342 g/mol. The van der Waals surface area contributed by atoms with E-state index in [1.165, 1.54) is 0 Å². The molecule has 0 bridgehead atoms. The van der Waals surface area contributed by atoms with Crippen molar-refractivity contribution >= 4 is 11.6 Å². The smallest absolute Gasteiger partial charge is 0.229 e. The predicted octanol–water partition coefficient (Wildman–Crippen LogP) is 3.69. The molecule has 6 heteroatoms. The van der Waals surface area contributed by atoms with Gasteiger partial charge in [0.2, 0.25) is 5.91 Å². The number of aryl methyl sites for hydroxylation is 1. The van der Waals surface area contributed by atoms with E-state index in [1.54, 1.807) is 32.4 Å². The number of rotatable bonds is 6. The average molecular weight is 365 g/mol. The molecular formula is C21H23N3O3. The molecule has 0 aliphatic carbocycles. The second-order valence-electron chi connectivity index (χ2n) is 6.19. The number of hydrogen-bond acceptors (Lipinski definition) is 4. The summed E-state index contributed by atoms with van der Waals surface area (Å²) in [6, 6.07) is 15.2. The van der Waals surface area contributed by atoms with Crippen LogP contribution in [0.15, 0.2) is 48.5 Å². The van der Waals surface area contributed by atoms with E-state index in [1.807, 2.05) is 48.9 Å². The van der Waals surface area contributed by atoms with E-state index in [-0.39, 0.29) is 12.3 Å². The number of hydrogen-bond donors (Lipinski definition) is 1. The summed E-state index contributed by atoms with van der Waals surface area (Å²) in [6.45, 7) is 3.89. The van der Waals surface area contributed by atoms with Crippen LogP contribution in [0.3, 0.4) is 0 Å². The number of nitrogens with one attached hydrogen (secondary N) is 1. The Kier molecular flexibility index (Phi) is 5.45. The number of amides is 1. The fourth-order valence-electron chi connectivity index (χ4n) is 3.02. The van der Waals surface area contributed by atoms with E-state index in [2.05, 4.69) is 10.4 Å². The molecule has 27 heavy (non-hydrogen) atoms. The number of methoxy groups -OCH3 is 2. The van der Waals surface area contributed by atoms with Crippen LogP contribution in [0.5, 0.6) is 11.5 Å². The molecule has 0 spiro atoms. The minimum atomic E-state index is -0.139. The largest absolute Gasteiger partial charge is 0.497 e. The lowest BCUT2D eigenvalue weighted by atomic mass is 10.1. The van der Waals surface area contributed by atoms with Gasteiger partial charge in [0.15, 0.2) is 0 Å². The molecule has 0 saturated carbocycles. The molecule has 0 fully saturated rings. The maximum absolute atomic E-state index is 12.7. The van der Waals surface area contributed by atoms with Crippen molar-refractivity contribution in [3.63, 3.8) is 0 Å². The second kappa shape index (κ2) is 7.95. The molecule has 0 aliphatic rings. The highest BCUT2D eigenvalue weighted by atomic mass is 16.5. The number of anilines is 1. The maximum Gasteiger partial charge on any atom is 0.229 e. The van der Waals surface area contributed by atoms with E-state index in [4.69, 9.17) is 9.47 Å². The van der Waals surface area contributed by atoms with Crippen LogP contribution in [-0.2, 0) is 11.2 Å². The van der Waals surface area contributed by atoms with Crippen LogP contribution >= 0.6 is 0 Å². The molecule has 1 amide bonds. The van der Waals surface area contributed by atoms with Gasteiger partial charge < -0.3 is 14.8 Å². The minimum absolute atomic E-state index is 0.139. The summed E-state index contributed by atoms with van der Waals surface area (Å²) in [5.41, 5.74) is 4.25. The third-order valence-corrected chi connectivity index (χ3v) is 4.46. The van der Waals surface area contributed by atoms with Crippen molar-refractivity contribution in [3.8, 4) is 17.2 Å². The zero-order chi connectivity index (χ0) is 19.4. The Bertz CT molecular complexity index is 949. The van der Waals surface area contributed by atoms with Crippen molar-refractivity contribution in [2.45, 2.75) is 20.3 Å². The van der Waals surface area contributed by atoms with Crippen LogP contribution in [0, 0.1) is 13.8 Å². The molecule has 0 aliphatic heterocycles. The number of carbonyl (C=O) groups is 1. The van der Waals surface area contributed by atoms with E-state index in [0.717, 1.165) is 22.6 Å². The van der Waals surface area contributed by atoms with Crippen LogP contribution in [0.4, 0.5) is 5.69 Å². The first kappa shape index (κ1) is 18.5. The number of para-hydroxylation sites is 1. The van der Waals surface area contributed by atoms with Crippen LogP contribution in [0.2, 0.25) is 0 Å². The minimum Gasteiger partial charge on any atom is -0.497 e. The van der Waals surface area contributed by atoms with Gasteiger partial charge >= 0.3 is 0 Å². The molecule has 0 unspecified atom stereocenters. The summed E-state index contributed by atoms with van der Waals surface area (Å²) in [6.07, 6.45) is 0.227. The molecule has 3 rings (SSSR count). The predicted molar refractivity (Wildman–Crippen MR) is 105 cm³/mol. The molecule has 0 radical (unpaired) electrons. The van der Waals surface area contributed by atoms with Crippen molar-refractivity contribution < 1.29 is 14.3 Å². The first-order valence-electron chi connectivity index (χ1n) is 8.66. The molecule has 6 nitrogen and oxygen atoms in total. The van der Waals surface area contributed by atoms with E-state index >= 15 is 0 Å². The Morgan fingerprint density at radius 3 is 2.48 bits per heavy atom. The van der Waals surface area contributed by atoms with Crippen molar-refractivity contribution in [3.05, 3.63) is 65.5 Å². The van der Waals surface area contributed by atoms with E-state index < -0.39 is 0 Å². The maximum atomic E-state index is 12.7. The molecule has 0 saturated heterocycles. The van der Waals surface area contributed by atoms with Crippen molar-refractivity contribution in [2.24, 2.45) is 0 Å². The highest BCUT2D eigenvalue weighted by Crippen LogP contribution is 2.29. The van der Waals surface area contributed by atoms with Crippen molar-refractivity contribution in [1.82, 2.24) is 9.78 Å². The molecule has 1 N–H and O–H groups in total. The highest BCUT2D eigenvalue weighted by Gasteiger charge is 2.17. The van der Waals surface area contributed by atoms with Gasteiger partial charge in [-0.15, -0.1) is 0 Å². The zero-order valence-corrected chi connectivity index (χ0v) is 15.9. The third-order valence-electron chi connectivity index (χ3n) is 4.46. The van der Waals surface area contributed by atoms with Gasteiger partial charge in [0.1, 0.15) is 11.5 Å². The van der Waals surface area contributed by atoms with Crippen LogP contribution < -0.4 is 14.8 Å². The Morgan fingerprint density at radius 2 is 1.81 bits per heavy atom. The first-order valence-corrected chi connectivity index (χ1v) is 8.66. The van der Waals surface area contributed by atoms with E-state index in [9.17, 15) is 4.79 Å². The fraction of sp³-hybridized carbons (Fsp3) is 0.238. The Balaban J connectivity index is 1.82. The number of ether oxygens (including phenoxy) is 2. The van der Waals surface area contributed by atoms with Gasteiger partial charge in [0, 0.05) is 17.3 Å². The standard InChI is InChI=1S/C21H23N3O3/c1-14-18(15(2)24(23-14)16-8-6-5-7-9-16)13-21(25)22-19-12-17(26-3)10-11-20(19)27-4/h5-12H,13H2,1-4H3,(H,22,25). The molecule has 0 atom stereocenters. The summed E-state index contributed by atoms with van der Waals surface area (Å²) >= 11 is 0. The van der Waals surface area contributed by atoms with Crippen LogP contribution in [0.25, 0.3) is 5.69 Å². The quantitative estimate of drug-likeness (QED) is 0.724. The monoisotopic (exact) mass is 365 g/mol. The molecule has 1 heterocycles. The van der Waals surface area contributed by atoms with E-state index in [0.29, 0.717) is 17.2 Å². The number of aromatic nitrogens is 2. The zero-order valence-electron chi connectivity index (χ0n) is 15.9.